The number of hydrogen-bond donors (Lipinski definition) is 0. The largest absolute Gasteiger partial charge is 0.377 e. The molecule has 0 aliphatic heterocycles. The zero-order valence-corrected chi connectivity index (χ0v) is 12.9. The normalized spacial score (nSPS) is 15.5. The predicted octanol–water partition coefficient (Wildman–Crippen LogP) is 2.80. The van der Waals surface area contributed by atoms with Crippen LogP contribution in [-0.2, 0) is 0 Å². The summed E-state index contributed by atoms with van der Waals surface area (Å²) in [5.74, 6) is 0. The first-order valence-electron chi connectivity index (χ1n) is 7.12. The van der Waals surface area contributed by atoms with Gasteiger partial charge in [0, 0.05) is 26.3 Å². The van der Waals surface area contributed by atoms with Crippen LogP contribution in [-0.4, -0.2) is 28.6 Å². The third-order valence-electron chi connectivity index (χ3n) is 4.23. The number of hydrogen-bond acceptors (Lipinski definition) is 5. The van der Waals surface area contributed by atoms with Gasteiger partial charge in [0.05, 0.1) is 22.9 Å². The fourth-order valence-electron chi connectivity index (χ4n) is 2.85. The van der Waals surface area contributed by atoms with Crippen molar-refractivity contribution in [1.29, 1.82) is 0 Å². The minimum Gasteiger partial charge on any atom is -0.377 e. The van der Waals surface area contributed by atoms with Crippen LogP contribution in [0.2, 0.25) is 0 Å². The summed E-state index contributed by atoms with van der Waals surface area (Å²) < 4.78 is 2.53. The van der Waals surface area contributed by atoms with E-state index >= 15 is 0 Å². The van der Waals surface area contributed by atoms with Crippen LogP contribution in [0.1, 0.15) is 25.3 Å². The van der Waals surface area contributed by atoms with Crippen molar-refractivity contribution in [2.75, 3.05) is 19.0 Å². The lowest BCUT2D eigenvalue weighted by Gasteiger charge is -2.26. The first-order chi connectivity index (χ1) is 10.2. The second kappa shape index (κ2) is 4.53. The molecule has 3 aromatic heterocycles. The molecule has 1 aliphatic rings. The second-order valence-corrected chi connectivity index (χ2v) is 6.73. The fraction of sp³-hybridized carbons (Fsp3) is 0.400. The van der Waals surface area contributed by atoms with E-state index in [2.05, 4.69) is 9.97 Å². The van der Waals surface area contributed by atoms with Crippen LogP contribution in [0.4, 0.5) is 5.69 Å². The van der Waals surface area contributed by atoms with E-state index in [1.54, 1.807) is 17.1 Å². The highest BCUT2D eigenvalue weighted by Crippen LogP contribution is 2.36. The summed E-state index contributed by atoms with van der Waals surface area (Å²) in [4.78, 5) is 24.6. The van der Waals surface area contributed by atoms with Gasteiger partial charge in [0.15, 0.2) is 0 Å². The molecular formula is C15H16N4OS. The van der Waals surface area contributed by atoms with E-state index in [-0.39, 0.29) is 5.56 Å². The zero-order chi connectivity index (χ0) is 14.6. The van der Waals surface area contributed by atoms with Crippen molar-refractivity contribution in [1.82, 2.24) is 14.5 Å². The number of fused-ring (bicyclic) bond motifs is 3. The summed E-state index contributed by atoms with van der Waals surface area (Å²) >= 11 is 1.45. The number of pyridine rings is 1. The van der Waals surface area contributed by atoms with E-state index in [1.165, 1.54) is 17.8 Å². The summed E-state index contributed by atoms with van der Waals surface area (Å²) in [7, 11) is 3.99. The molecule has 4 rings (SSSR count). The van der Waals surface area contributed by atoms with Crippen molar-refractivity contribution in [3.63, 3.8) is 0 Å². The maximum absolute atomic E-state index is 12.7. The van der Waals surface area contributed by atoms with Crippen LogP contribution in [0.15, 0.2) is 23.4 Å². The average molecular weight is 300 g/mol. The molecule has 0 amide bonds. The molecule has 0 bridgehead atoms. The topological polar surface area (TPSA) is 51.0 Å². The van der Waals surface area contributed by atoms with Crippen molar-refractivity contribution in [3.8, 4) is 0 Å². The molecule has 0 aromatic carbocycles. The summed E-state index contributed by atoms with van der Waals surface area (Å²) in [6.45, 7) is 0. The summed E-state index contributed by atoms with van der Waals surface area (Å²) in [5.41, 5.74) is 1.92. The summed E-state index contributed by atoms with van der Waals surface area (Å²) in [6.07, 6.45) is 6.87. The van der Waals surface area contributed by atoms with Crippen LogP contribution >= 0.6 is 11.3 Å². The standard InChI is InChI=1S/C15H16N4OS/c1-18(2)10-6-7-16-14-11(10)12-13(21-14)15(20)19(8-17-12)9-4-3-5-9/h6-9H,3-5H2,1-2H3. The maximum Gasteiger partial charge on any atom is 0.271 e. The Bertz CT molecular complexity index is 892. The highest BCUT2D eigenvalue weighted by atomic mass is 32.1. The molecule has 108 valence electrons. The highest BCUT2D eigenvalue weighted by Gasteiger charge is 2.23. The molecule has 3 heterocycles. The van der Waals surface area contributed by atoms with E-state index in [4.69, 9.17) is 0 Å². The number of nitrogens with zero attached hydrogens (tertiary/aromatic N) is 4. The molecule has 1 aliphatic carbocycles. The van der Waals surface area contributed by atoms with Crippen molar-refractivity contribution >= 4 is 37.5 Å². The molecule has 0 unspecified atom stereocenters. The van der Waals surface area contributed by atoms with Gasteiger partial charge in [0.25, 0.3) is 5.56 Å². The molecule has 3 aromatic rings. The van der Waals surface area contributed by atoms with E-state index in [0.29, 0.717) is 6.04 Å². The van der Waals surface area contributed by atoms with E-state index in [1.807, 2.05) is 25.1 Å². The minimum absolute atomic E-state index is 0.0809. The zero-order valence-electron chi connectivity index (χ0n) is 12.0. The Labute approximate surface area is 125 Å². The van der Waals surface area contributed by atoms with Gasteiger partial charge in [-0.05, 0) is 25.3 Å². The lowest BCUT2D eigenvalue weighted by atomic mass is 9.93. The van der Waals surface area contributed by atoms with E-state index in [0.717, 1.165) is 39.0 Å². The number of aromatic nitrogens is 3. The van der Waals surface area contributed by atoms with Crippen molar-refractivity contribution in [3.05, 3.63) is 28.9 Å². The van der Waals surface area contributed by atoms with Gasteiger partial charge in [-0.15, -0.1) is 11.3 Å². The smallest absolute Gasteiger partial charge is 0.271 e. The van der Waals surface area contributed by atoms with Crippen LogP contribution < -0.4 is 10.5 Å². The van der Waals surface area contributed by atoms with Gasteiger partial charge in [0.1, 0.15) is 9.53 Å². The molecule has 0 atom stereocenters. The van der Waals surface area contributed by atoms with Gasteiger partial charge < -0.3 is 4.90 Å². The Morgan fingerprint density at radius 1 is 1.33 bits per heavy atom. The quantitative estimate of drug-likeness (QED) is 0.730. The monoisotopic (exact) mass is 300 g/mol. The van der Waals surface area contributed by atoms with Crippen molar-refractivity contribution < 1.29 is 0 Å². The summed E-state index contributed by atoms with van der Waals surface area (Å²) in [6, 6.07) is 2.30. The first kappa shape index (κ1) is 12.8. The summed E-state index contributed by atoms with van der Waals surface area (Å²) in [5, 5.41) is 0.986. The highest BCUT2D eigenvalue weighted by molar-refractivity contribution is 7.25. The van der Waals surface area contributed by atoms with Gasteiger partial charge in [-0.3, -0.25) is 9.36 Å². The molecule has 0 N–H and O–H groups in total. The second-order valence-electron chi connectivity index (χ2n) is 5.73. The first-order valence-corrected chi connectivity index (χ1v) is 7.94. The molecule has 6 heteroatoms. The van der Waals surface area contributed by atoms with Crippen molar-refractivity contribution in [2.45, 2.75) is 25.3 Å². The molecule has 0 spiro atoms. The lowest BCUT2D eigenvalue weighted by molar-refractivity contribution is 0.305. The molecule has 21 heavy (non-hydrogen) atoms. The van der Waals surface area contributed by atoms with Crippen LogP contribution in [0.25, 0.3) is 20.4 Å². The molecule has 1 saturated carbocycles. The Balaban J connectivity index is 2.06. The SMILES string of the molecule is CN(C)c1ccnc2sc3c(=O)n(C4CCC4)cnc3c12. The van der Waals surface area contributed by atoms with Gasteiger partial charge in [-0.1, -0.05) is 0 Å². The van der Waals surface area contributed by atoms with Gasteiger partial charge >= 0.3 is 0 Å². The Morgan fingerprint density at radius 3 is 2.81 bits per heavy atom. The Hall–Kier alpha value is -1.95. The molecule has 0 saturated heterocycles. The molecular weight excluding hydrogens is 284 g/mol. The fourth-order valence-corrected chi connectivity index (χ4v) is 3.90. The van der Waals surface area contributed by atoms with Crippen LogP contribution in [0.3, 0.4) is 0 Å². The third-order valence-corrected chi connectivity index (χ3v) is 5.31. The van der Waals surface area contributed by atoms with E-state index < -0.39 is 0 Å². The number of rotatable bonds is 2. The number of thiophene rings is 1. The van der Waals surface area contributed by atoms with Crippen LogP contribution in [0.5, 0.6) is 0 Å². The molecule has 1 fully saturated rings. The molecule has 5 nitrogen and oxygen atoms in total. The lowest BCUT2D eigenvalue weighted by Crippen LogP contribution is -2.28. The van der Waals surface area contributed by atoms with Gasteiger partial charge in [0.2, 0.25) is 0 Å². The van der Waals surface area contributed by atoms with Crippen molar-refractivity contribution in [2.24, 2.45) is 0 Å². The van der Waals surface area contributed by atoms with Gasteiger partial charge in [-0.25, -0.2) is 9.97 Å². The van der Waals surface area contributed by atoms with Crippen LogP contribution in [0, 0.1) is 0 Å². The Morgan fingerprint density at radius 2 is 2.14 bits per heavy atom. The van der Waals surface area contributed by atoms with Gasteiger partial charge in [-0.2, -0.15) is 0 Å². The minimum atomic E-state index is 0.0809. The van der Waals surface area contributed by atoms with E-state index in [9.17, 15) is 4.79 Å². The Kier molecular flexibility index (Phi) is 2.75. The third kappa shape index (κ3) is 1.78. The maximum atomic E-state index is 12.7. The predicted molar refractivity (Wildman–Crippen MR) is 86.4 cm³/mol. The average Bonchev–Trinajstić information content (AvgIpc) is 2.79. The molecule has 0 radical (unpaired) electrons. The number of anilines is 1.